The monoisotopic (exact) mass is 427 g/mol. The molecule has 0 saturated carbocycles. The Hall–Kier alpha value is -3.10. The second-order valence-corrected chi connectivity index (χ2v) is 8.07. The fourth-order valence-corrected chi connectivity index (χ4v) is 4.15. The Labute approximate surface area is 181 Å². The van der Waals surface area contributed by atoms with E-state index in [1.165, 1.54) is 0 Å². The molecule has 0 aliphatic carbocycles. The number of hydrogen-bond donors (Lipinski definition) is 0. The maximum Gasteiger partial charge on any atom is 0.257 e. The minimum Gasteiger partial charge on any atom is -0.497 e. The van der Waals surface area contributed by atoms with Crippen molar-refractivity contribution in [3.05, 3.63) is 35.7 Å². The highest BCUT2D eigenvalue weighted by molar-refractivity contribution is 5.97. The van der Waals surface area contributed by atoms with Gasteiger partial charge in [0.25, 0.3) is 5.91 Å². The summed E-state index contributed by atoms with van der Waals surface area (Å²) in [5, 5.41) is 8.33. The van der Waals surface area contributed by atoms with Crippen LogP contribution in [0.2, 0.25) is 0 Å². The van der Waals surface area contributed by atoms with Crippen LogP contribution in [0.1, 0.15) is 41.7 Å². The van der Waals surface area contributed by atoms with Gasteiger partial charge in [-0.05, 0) is 31.0 Å². The van der Waals surface area contributed by atoms with Gasteiger partial charge < -0.3 is 19.3 Å². The number of carbonyl (C=O) groups excluding carboxylic acids is 2. The number of fused-ring (bicyclic) bond motifs is 8. The fourth-order valence-electron chi connectivity index (χ4n) is 4.15. The molecule has 9 nitrogen and oxygen atoms in total. The standard InChI is InChI=1S/C22H29N5O4/c1-25-17-8-11-26(12-9-17)21(28)7-4-16-15-27(24-23-16)10-3-13-31-20-6-5-18(30-2)14-19(20)22(25)29/h5-6,14-15,17H,3-4,7-13H2,1-2H3. The van der Waals surface area contributed by atoms with Gasteiger partial charge in [-0.15, -0.1) is 5.10 Å². The summed E-state index contributed by atoms with van der Waals surface area (Å²) in [4.78, 5) is 29.6. The predicted molar refractivity (Wildman–Crippen MR) is 113 cm³/mol. The summed E-state index contributed by atoms with van der Waals surface area (Å²) in [6.45, 7) is 2.39. The SMILES string of the molecule is COc1ccc2c(c1)C(=O)N(C)C1CCN(CC1)C(=O)CCc1cn(nn1)CCCO2. The van der Waals surface area contributed by atoms with Crippen molar-refractivity contribution >= 4 is 11.8 Å². The normalized spacial score (nSPS) is 18.9. The van der Waals surface area contributed by atoms with E-state index in [9.17, 15) is 9.59 Å². The predicted octanol–water partition coefficient (Wildman–Crippen LogP) is 1.76. The van der Waals surface area contributed by atoms with Gasteiger partial charge in [0.1, 0.15) is 11.5 Å². The largest absolute Gasteiger partial charge is 0.497 e. The molecule has 0 atom stereocenters. The van der Waals surface area contributed by atoms with E-state index in [4.69, 9.17) is 9.47 Å². The van der Waals surface area contributed by atoms with Crippen molar-refractivity contribution in [2.45, 2.75) is 44.7 Å². The average molecular weight is 428 g/mol. The van der Waals surface area contributed by atoms with E-state index >= 15 is 0 Å². The average Bonchev–Trinajstić information content (AvgIpc) is 3.26. The number of ether oxygens (including phenoxy) is 2. The smallest absolute Gasteiger partial charge is 0.257 e. The minimum absolute atomic E-state index is 0.0781. The van der Waals surface area contributed by atoms with Gasteiger partial charge in [0, 0.05) is 58.2 Å². The number of nitrogens with zero attached hydrogens (tertiary/aromatic N) is 5. The van der Waals surface area contributed by atoms with Crippen LogP contribution in [0.25, 0.3) is 0 Å². The molecule has 0 spiro atoms. The molecule has 1 aromatic heterocycles. The number of piperidine rings is 1. The van der Waals surface area contributed by atoms with Gasteiger partial charge in [-0.1, -0.05) is 5.21 Å². The molecular formula is C22H29N5O4. The van der Waals surface area contributed by atoms with E-state index in [1.54, 1.807) is 34.9 Å². The number of carbonyl (C=O) groups is 2. The zero-order valence-electron chi connectivity index (χ0n) is 18.1. The van der Waals surface area contributed by atoms with Crippen LogP contribution in [-0.4, -0.2) is 76.5 Å². The molecule has 4 heterocycles. The Morgan fingerprint density at radius 1 is 1.13 bits per heavy atom. The first kappa shape index (κ1) is 21.1. The summed E-state index contributed by atoms with van der Waals surface area (Å²) in [6, 6.07) is 5.39. The summed E-state index contributed by atoms with van der Waals surface area (Å²) >= 11 is 0. The third-order valence-electron chi connectivity index (χ3n) is 6.07. The molecule has 4 bridgehead atoms. The number of hydrogen-bond acceptors (Lipinski definition) is 6. The third kappa shape index (κ3) is 4.81. The molecule has 166 valence electrons. The number of rotatable bonds is 1. The van der Waals surface area contributed by atoms with E-state index in [0.29, 0.717) is 62.6 Å². The fraction of sp³-hybridized carbons (Fsp3) is 0.545. The molecule has 0 radical (unpaired) electrons. The van der Waals surface area contributed by atoms with Crippen LogP contribution in [-0.2, 0) is 17.8 Å². The highest BCUT2D eigenvalue weighted by atomic mass is 16.5. The lowest BCUT2D eigenvalue weighted by Crippen LogP contribution is -2.47. The zero-order valence-corrected chi connectivity index (χ0v) is 18.1. The van der Waals surface area contributed by atoms with Crippen molar-refractivity contribution < 1.29 is 19.1 Å². The molecule has 1 saturated heterocycles. The Morgan fingerprint density at radius 2 is 1.94 bits per heavy atom. The number of benzene rings is 1. The van der Waals surface area contributed by atoms with Crippen LogP contribution in [0.15, 0.2) is 24.4 Å². The second-order valence-electron chi connectivity index (χ2n) is 8.07. The molecule has 1 aromatic carbocycles. The number of amides is 2. The van der Waals surface area contributed by atoms with Crippen LogP contribution >= 0.6 is 0 Å². The summed E-state index contributed by atoms with van der Waals surface area (Å²) in [5.74, 6) is 1.19. The molecule has 3 aliphatic heterocycles. The first-order valence-corrected chi connectivity index (χ1v) is 10.8. The van der Waals surface area contributed by atoms with E-state index in [1.807, 2.05) is 18.1 Å². The minimum atomic E-state index is -0.0966. The van der Waals surface area contributed by atoms with Gasteiger partial charge in [0.2, 0.25) is 5.91 Å². The van der Waals surface area contributed by atoms with Crippen molar-refractivity contribution in [3.8, 4) is 11.5 Å². The van der Waals surface area contributed by atoms with Crippen LogP contribution < -0.4 is 9.47 Å². The van der Waals surface area contributed by atoms with Crippen LogP contribution in [0, 0.1) is 0 Å². The number of methoxy groups -OCH3 is 1. The second kappa shape index (κ2) is 9.36. The lowest BCUT2D eigenvalue weighted by atomic mass is 10.0. The van der Waals surface area contributed by atoms with Crippen LogP contribution in [0.5, 0.6) is 11.5 Å². The van der Waals surface area contributed by atoms with Gasteiger partial charge in [0.15, 0.2) is 0 Å². The number of aryl methyl sites for hydroxylation is 2. The van der Waals surface area contributed by atoms with Crippen LogP contribution in [0.3, 0.4) is 0 Å². The molecule has 0 N–H and O–H groups in total. The van der Waals surface area contributed by atoms with Gasteiger partial charge in [-0.25, -0.2) is 0 Å². The first-order valence-electron chi connectivity index (χ1n) is 10.8. The lowest BCUT2D eigenvalue weighted by Gasteiger charge is -2.37. The van der Waals surface area contributed by atoms with Gasteiger partial charge in [-0.3, -0.25) is 14.3 Å². The summed E-state index contributed by atoms with van der Waals surface area (Å²) in [6.07, 6.45) is 5.12. The van der Waals surface area contributed by atoms with Gasteiger partial charge in [-0.2, -0.15) is 0 Å². The molecule has 2 amide bonds. The molecule has 1 fully saturated rings. The van der Waals surface area contributed by atoms with Crippen molar-refractivity contribution in [2.24, 2.45) is 0 Å². The zero-order chi connectivity index (χ0) is 21.8. The highest BCUT2D eigenvalue weighted by Crippen LogP contribution is 2.27. The molecule has 31 heavy (non-hydrogen) atoms. The Balaban J connectivity index is 1.58. The van der Waals surface area contributed by atoms with Crippen molar-refractivity contribution in [1.82, 2.24) is 24.8 Å². The van der Waals surface area contributed by atoms with Gasteiger partial charge >= 0.3 is 0 Å². The van der Waals surface area contributed by atoms with Gasteiger partial charge in [0.05, 0.1) is 25.0 Å². The molecule has 5 rings (SSSR count). The summed E-state index contributed by atoms with van der Waals surface area (Å²) in [5.41, 5.74) is 1.32. The topological polar surface area (TPSA) is 89.8 Å². The lowest BCUT2D eigenvalue weighted by molar-refractivity contribution is -0.132. The van der Waals surface area contributed by atoms with E-state index in [0.717, 1.165) is 18.5 Å². The van der Waals surface area contributed by atoms with Crippen molar-refractivity contribution in [2.75, 3.05) is 33.9 Å². The van der Waals surface area contributed by atoms with E-state index < -0.39 is 0 Å². The van der Waals surface area contributed by atoms with Crippen molar-refractivity contribution in [1.29, 1.82) is 0 Å². The molecule has 0 unspecified atom stereocenters. The molecule has 2 aromatic rings. The molecule has 9 heteroatoms. The van der Waals surface area contributed by atoms with Crippen molar-refractivity contribution in [3.63, 3.8) is 0 Å². The highest BCUT2D eigenvalue weighted by Gasteiger charge is 2.29. The number of aromatic nitrogens is 3. The summed E-state index contributed by atoms with van der Waals surface area (Å²) in [7, 11) is 3.41. The Kier molecular flexibility index (Phi) is 6.39. The van der Waals surface area contributed by atoms with E-state index in [2.05, 4.69) is 10.3 Å². The molecule has 3 aliphatic rings. The Bertz CT molecular complexity index is 936. The summed E-state index contributed by atoms with van der Waals surface area (Å²) < 4.78 is 13.1. The molecular weight excluding hydrogens is 398 g/mol. The first-order chi connectivity index (χ1) is 15.0. The maximum atomic E-state index is 13.3. The Morgan fingerprint density at radius 3 is 2.71 bits per heavy atom. The maximum absolute atomic E-state index is 13.3. The quantitative estimate of drug-likeness (QED) is 0.689. The third-order valence-corrected chi connectivity index (χ3v) is 6.07. The van der Waals surface area contributed by atoms with E-state index in [-0.39, 0.29) is 17.9 Å². The van der Waals surface area contributed by atoms with Crippen LogP contribution in [0.4, 0.5) is 0 Å².